The van der Waals surface area contributed by atoms with Gasteiger partial charge in [0.05, 0.1) is 5.69 Å². The normalized spacial score (nSPS) is 32.3. The van der Waals surface area contributed by atoms with Crippen LogP contribution in [0.2, 0.25) is 0 Å². The third-order valence-corrected chi connectivity index (χ3v) is 13.6. The Morgan fingerprint density at radius 3 is 1.98 bits per heavy atom. The van der Waals surface area contributed by atoms with Gasteiger partial charge in [0.2, 0.25) is 0 Å². The van der Waals surface area contributed by atoms with Crippen LogP contribution in [0.25, 0.3) is 0 Å². The Balaban J connectivity index is 1.08. The van der Waals surface area contributed by atoms with Crippen molar-refractivity contribution < 1.29 is 42.9 Å². The molecule has 56 heavy (non-hydrogen) atoms. The highest BCUT2D eigenvalue weighted by Gasteiger charge is 2.55. The van der Waals surface area contributed by atoms with E-state index in [-0.39, 0.29) is 22.7 Å². The second-order valence-corrected chi connectivity index (χ2v) is 18.7. The molecule has 2 heterocycles. The smallest absolute Gasteiger partial charge is 0.350 e. The minimum atomic E-state index is -1.37. The first-order valence-electron chi connectivity index (χ1n) is 20.8. The van der Waals surface area contributed by atoms with Gasteiger partial charge in [0, 0.05) is 52.2 Å². The topological polar surface area (TPSA) is 138 Å². The van der Waals surface area contributed by atoms with E-state index < -0.39 is 35.5 Å². The summed E-state index contributed by atoms with van der Waals surface area (Å²) >= 11 is 0. The molecule has 0 aromatic heterocycles. The predicted molar refractivity (Wildman–Crippen MR) is 211 cm³/mol. The molecule has 2 aliphatic heterocycles. The molecule has 304 valence electrons. The zero-order valence-electron chi connectivity index (χ0n) is 34.3. The Kier molecular flexibility index (Phi) is 10.9. The Morgan fingerprint density at radius 1 is 0.750 bits per heavy atom. The van der Waals surface area contributed by atoms with E-state index in [0.717, 1.165) is 61.2 Å². The molecule has 11 nitrogen and oxygen atoms in total. The zero-order valence-corrected chi connectivity index (χ0v) is 34.3. The second-order valence-electron chi connectivity index (χ2n) is 18.7. The summed E-state index contributed by atoms with van der Waals surface area (Å²) in [6, 6.07) is 5.24. The van der Waals surface area contributed by atoms with E-state index in [1.165, 1.54) is 84.2 Å². The summed E-state index contributed by atoms with van der Waals surface area (Å²) in [5, 5.41) is 6.04. The lowest BCUT2D eigenvalue weighted by Gasteiger charge is -2.55. The molecule has 5 fully saturated rings. The van der Waals surface area contributed by atoms with Gasteiger partial charge in [0.25, 0.3) is 11.6 Å². The number of fused-ring (bicyclic) bond motifs is 5. The van der Waals surface area contributed by atoms with Crippen molar-refractivity contribution in [3.8, 4) is 5.75 Å². The predicted octanol–water partition coefficient (Wildman–Crippen LogP) is 8.96. The van der Waals surface area contributed by atoms with Gasteiger partial charge in [-0.3, -0.25) is 0 Å². The zero-order chi connectivity index (χ0) is 40.2. The Hall–Kier alpha value is -4.28. The van der Waals surface area contributed by atoms with Gasteiger partial charge in [-0.05, 0) is 110 Å². The molecule has 7 rings (SSSR count). The van der Waals surface area contributed by atoms with E-state index in [4.69, 9.17) is 23.7 Å². The lowest BCUT2D eigenvalue weighted by Crippen LogP contribution is -2.48. The molecule has 1 aromatic carbocycles. The van der Waals surface area contributed by atoms with Gasteiger partial charge < -0.3 is 34.3 Å². The number of allylic oxidation sites excluding steroid dienone is 1. The second kappa shape index (κ2) is 15.2. The van der Waals surface area contributed by atoms with Gasteiger partial charge in [0.1, 0.15) is 11.9 Å². The molecule has 11 heteroatoms. The van der Waals surface area contributed by atoms with Crippen molar-refractivity contribution >= 4 is 35.3 Å². The fourth-order valence-electron chi connectivity index (χ4n) is 10.8. The molecular formula is C45H60N2O9. The number of anilines is 2. The van der Waals surface area contributed by atoms with E-state index in [1.807, 2.05) is 0 Å². The van der Waals surface area contributed by atoms with Crippen LogP contribution in [0.1, 0.15) is 120 Å². The SMILES string of the molecule is CC(C)CC[C@@H](C)C1CCC2C1CCC1C2CC=C2C[C@@H](Oc3ccc(NC=C4C(=O)OC(C)(C)OC4=O)cc3NC=C3C(=O)OC(C)(C)OC3=O)CCC21C. The maximum absolute atomic E-state index is 12.7. The van der Waals surface area contributed by atoms with Crippen LogP contribution >= 0.6 is 0 Å². The summed E-state index contributed by atoms with van der Waals surface area (Å²) < 4.78 is 27.7. The number of nitrogens with one attached hydrogen (secondary N) is 2. The lowest BCUT2D eigenvalue weighted by atomic mass is 9.50. The monoisotopic (exact) mass is 772 g/mol. The number of cyclic esters (lactones) is 4. The highest BCUT2D eigenvalue weighted by Crippen LogP contribution is 2.63. The first-order chi connectivity index (χ1) is 26.4. The molecule has 2 saturated heterocycles. The summed E-state index contributed by atoms with van der Waals surface area (Å²) in [6.07, 6.45) is 17.1. The van der Waals surface area contributed by atoms with Crippen molar-refractivity contribution in [3.05, 3.63) is 53.4 Å². The quantitative estimate of drug-likeness (QED) is 0.102. The van der Waals surface area contributed by atoms with E-state index in [1.54, 1.807) is 18.2 Å². The van der Waals surface area contributed by atoms with Crippen LogP contribution in [0.15, 0.2) is 53.4 Å². The number of carbonyl (C=O) groups excluding carboxylic acids is 4. The molecule has 6 aliphatic rings. The minimum Gasteiger partial charge on any atom is -0.488 e. The maximum Gasteiger partial charge on any atom is 0.350 e. The van der Waals surface area contributed by atoms with Crippen LogP contribution in [0.4, 0.5) is 11.4 Å². The first kappa shape index (κ1) is 39.9. The number of rotatable bonds is 10. The molecule has 0 bridgehead atoms. The van der Waals surface area contributed by atoms with Crippen LogP contribution < -0.4 is 15.4 Å². The Labute approximate surface area is 331 Å². The molecule has 3 saturated carbocycles. The standard InChI is InChI=1S/C45H60N2O9/c1-25(2)9-10-26(3)30-14-15-32-31(30)16-17-36-33(32)13-11-27-21-29(19-20-45(27,36)8)52-38-18-12-28(46-23-34-39(48)53-43(4,5)54-40(34)49)22-37(38)47-24-35-41(50)55-44(6,7)56-42(35)51/h11-12,18,22-26,29-33,36,46-47H,9-10,13-17,19-21H2,1-8H3/t26-,29+,30?,31?,32?,33?,36?,45?/m1/s1. The van der Waals surface area contributed by atoms with Gasteiger partial charge in [0.15, 0.2) is 11.1 Å². The Bertz CT molecular complexity index is 1800. The number of carbonyl (C=O) groups is 4. The van der Waals surface area contributed by atoms with Crippen LogP contribution in [-0.4, -0.2) is 41.6 Å². The average Bonchev–Trinajstić information content (AvgIpc) is 3.55. The number of hydrogen-bond acceptors (Lipinski definition) is 11. The summed E-state index contributed by atoms with van der Waals surface area (Å²) in [4.78, 5) is 50.5. The molecule has 8 atom stereocenters. The number of benzene rings is 1. The van der Waals surface area contributed by atoms with Crippen LogP contribution in [0, 0.1) is 46.8 Å². The van der Waals surface area contributed by atoms with Crippen molar-refractivity contribution in [2.45, 2.75) is 137 Å². The minimum absolute atomic E-state index is 0.0745. The maximum atomic E-state index is 12.7. The van der Waals surface area contributed by atoms with Crippen LogP contribution in [-0.2, 0) is 38.1 Å². The van der Waals surface area contributed by atoms with Crippen molar-refractivity contribution in [2.75, 3.05) is 10.6 Å². The van der Waals surface area contributed by atoms with Gasteiger partial charge in [-0.1, -0.05) is 52.2 Å². The number of hydrogen-bond donors (Lipinski definition) is 2. The largest absolute Gasteiger partial charge is 0.488 e. The molecular weight excluding hydrogens is 713 g/mol. The molecule has 0 spiro atoms. The molecule has 2 N–H and O–H groups in total. The van der Waals surface area contributed by atoms with Gasteiger partial charge >= 0.3 is 23.9 Å². The third-order valence-electron chi connectivity index (χ3n) is 13.6. The van der Waals surface area contributed by atoms with Gasteiger partial charge in [-0.2, -0.15) is 0 Å². The molecule has 4 aliphatic carbocycles. The van der Waals surface area contributed by atoms with Crippen molar-refractivity contribution in [2.24, 2.45) is 46.8 Å². The van der Waals surface area contributed by atoms with Gasteiger partial charge in [-0.25, -0.2) is 19.2 Å². The summed E-state index contributed by atoms with van der Waals surface area (Å²) in [6.45, 7) is 15.7. The number of ether oxygens (including phenoxy) is 5. The van der Waals surface area contributed by atoms with Crippen LogP contribution in [0.5, 0.6) is 5.75 Å². The van der Waals surface area contributed by atoms with Gasteiger partial charge in [-0.15, -0.1) is 0 Å². The average molecular weight is 773 g/mol. The number of esters is 4. The van der Waals surface area contributed by atoms with Crippen LogP contribution in [0.3, 0.4) is 0 Å². The van der Waals surface area contributed by atoms with E-state index >= 15 is 0 Å². The van der Waals surface area contributed by atoms with E-state index in [2.05, 4.69) is 44.4 Å². The fraction of sp³-hybridized carbons (Fsp3) is 0.644. The molecule has 0 amide bonds. The first-order valence-corrected chi connectivity index (χ1v) is 20.8. The van der Waals surface area contributed by atoms with E-state index in [9.17, 15) is 19.2 Å². The summed E-state index contributed by atoms with van der Waals surface area (Å²) in [5.41, 5.74) is 2.04. The highest BCUT2D eigenvalue weighted by atomic mass is 16.7. The summed E-state index contributed by atoms with van der Waals surface area (Å²) in [7, 11) is 0. The van der Waals surface area contributed by atoms with Crippen molar-refractivity contribution in [1.29, 1.82) is 0 Å². The molecule has 6 unspecified atom stereocenters. The lowest BCUT2D eigenvalue weighted by molar-refractivity contribution is -0.224. The molecule has 1 aromatic rings. The molecule has 0 radical (unpaired) electrons. The summed E-state index contributed by atoms with van der Waals surface area (Å²) in [5.74, 6) is 0.234. The fourth-order valence-corrected chi connectivity index (χ4v) is 10.8. The third kappa shape index (κ3) is 8.10. The Morgan fingerprint density at radius 2 is 1.36 bits per heavy atom. The van der Waals surface area contributed by atoms with Crippen molar-refractivity contribution in [1.82, 2.24) is 0 Å². The highest BCUT2D eigenvalue weighted by molar-refractivity contribution is 6.16. The van der Waals surface area contributed by atoms with E-state index in [0.29, 0.717) is 23.0 Å². The van der Waals surface area contributed by atoms with Crippen molar-refractivity contribution in [3.63, 3.8) is 0 Å².